The number of nitrogens with two attached hydrogens (primary N) is 1. The lowest BCUT2D eigenvalue weighted by Gasteiger charge is -2.13. The van der Waals surface area contributed by atoms with Crippen molar-refractivity contribution in [2.45, 2.75) is 38.1 Å². The van der Waals surface area contributed by atoms with E-state index in [1.165, 1.54) is 37.8 Å². The zero-order valence-electron chi connectivity index (χ0n) is 10.4. The van der Waals surface area contributed by atoms with Crippen LogP contribution in [0, 0.1) is 23.6 Å². The van der Waals surface area contributed by atoms with Crippen LogP contribution in [0.1, 0.15) is 31.2 Å². The van der Waals surface area contributed by atoms with Crippen molar-refractivity contribution >= 4 is 11.6 Å². The van der Waals surface area contributed by atoms with E-state index < -0.39 is 0 Å². The number of hydrogen-bond donors (Lipinski definition) is 1. The molecule has 2 N–H and O–H groups in total. The Morgan fingerprint density at radius 2 is 1.94 bits per heavy atom. The van der Waals surface area contributed by atoms with Gasteiger partial charge in [0.2, 0.25) is 0 Å². The molecule has 0 radical (unpaired) electrons. The molecule has 0 heterocycles. The van der Waals surface area contributed by atoms with Gasteiger partial charge in [0.25, 0.3) is 0 Å². The second-order valence-corrected chi connectivity index (χ2v) is 6.20. The summed E-state index contributed by atoms with van der Waals surface area (Å²) in [6.45, 7) is 0. The molecule has 0 spiro atoms. The predicted molar refractivity (Wildman–Crippen MR) is 72.0 cm³/mol. The molecule has 3 atom stereocenters. The summed E-state index contributed by atoms with van der Waals surface area (Å²) < 4.78 is 13.0. The van der Waals surface area contributed by atoms with E-state index in [4.69, 9.17) is 17.3 Å². The molecule has 3 rings (SSSR count). The molecular weight excluding hydrogens is 249 g/mol. The second kappa shape index (κ2) is 4.82. The summed E-state index contributed by atoms with van der Waals surface area (Å²) in [5.74, 6) is 2.10. The van der Waals surface area contributed by atoms with E-state index in [0.29, 0.717) is 10.9 Å². The average Bonchev–Trinajstić information content (AvgIpc) is 3.07. The molecular formula is C15H19ClFN. The van der Waals surface area contributed by atoms with Crippen LogP contribution in [0.25, 0.3) is 0 Å². The first-order chi connectivity index (χ1) is 8.66. The van der Waals surface area contributed by atoms with E-state index in [1.807, 2.05) is 0 Å². The summed E-state index contributed by atoms with van der Waals surface area (Å²) in [5, 5.41) is 0.508. The maximum atomic E-state index is 13.0. The lowest BCUT2D eigenvalue weighted by molar-refractivity contribution is 0.480. The number of halogens is 2. The third-order valence-corrected chi connectivity index (χ3v) is 5.04. The Morgan fingerprint density at radius 1 is 1.28 bits per heavy atom. The van der Waals surface area contributed by atoms with Gasteiger partial charge >= 0.3 is 0 Å². The van der Waals surface area contributed by atoms with Crippen LogP contribution in [0.3, 0.4) is 0 Å². The monoisotopic (exact) mass is 267 g/mol. The van der Waals surface area contributed by atoms with Crippen LogP contribution in [0.15, 0.2) is 18.2 Å². The van der Waals surface area contributed by atoms with E-state index in [-0.39, 0.29) is 11.9 Å². The van der Waals surface area contributed by atoms with Gasteiger partial charge in [0.1, 0.15) is 5.82 Å². The average molecular weight is 268 g/mol. The second-order valence-electron chi connectivity index (χ2n) is 5.79. The van der Waals surface area contributed by atoms with Crippen molar-refractivity contribution in [3.8, 4) is 0 Å². The Bertz CT molecular complexity index is 436. The zero-order valence-corrected chi connectivity index (χ0v) is 11.2. The minimum absolute atomic E-state index is 0.182. The molecule has 2 aliphatic rings. The maximum absolute atomic E-state index is 13.0. The van der Waals surface area contributed by atoms with E-state index >= 15 is 0 Å². The van der Waals surface area contributed by atoms with Crippen molar-refractivity contribution in [3.05, 3.63) is 34.6 Å². The van der Waals surface area contributed by atoms with E-state index in [9.17, 15) is 4.39 Å². The molecule has 2 fully saturated rings. The molecule has 2 saturated carbocycles. The van der Waals surface area contributed by atoms with Gasteiger partial charge in [0.05, 0.1) is 0 Å². The highest BCUT2D eigenvalue weighted by Crippen LogP contribution is 2.56. The smallest absolute Gasteiger partial charge is 0.124 e. The molecule has 1 aromatic rings. The summed E-state index contributed by atoms with van der Waals surface area (Å²) in [6, 6.07) is 4.79. The van der Waals surface area contributed by atoms with Gasteiger partial charge < -0.3 is 5.73 Å². The van der Waals surface area contributed by atoms with Gasteiger partial charge in [-0.3, -0.25) is 0 Å². The van der Waals surface area contributed by atoms with Crippen LogP contribution >= 0.6 is 11.6 Å². The van der Waals surface area contributed by atoms with Gasteiger partial charge in [-0.2, -0.15) is 0 Å². The first-order valence-corrected chi connectivity index (χ1v) is 7.24. The third kappa shape index (κ3) is 2.28. The summed E-state index contributed by atoms with van der Waals surface area (Å²) in [6.07, 6.45) is 6.19. The largest absolute Gasteiger partial charge is 0.327 e. The number of rotatable bonds is 3. The Labute approximate surface area is 113 Å². The molecule has 3 unspecified atom stereocenters. The molecule has 0 saturated heterocycles. The highest BCUT2D eigenvalue weighted by molar-refractivity contribution is 6.31. The van der Waals surface area contributed by atoms with Crippen molar-refractivity contribution in [2.24, 2.45) is 23.5 Å². The van der Waals surface area contributed by atoms with Crippen molar-refractivity contribution in [1.29, 1.82) is 0 Å². The standard InChI is InChI=1S/C15H19ClFN/c16-13-8-10(17)6-5-9(13)7-14(18)15-11-3-1-2-4-12(11)15/h5-6,8,11-12,14-15H,1-4,7,18H2. The van der Waals surface area contributed by atoms with Gasteiger partial charge in [0.15, 0.2) is 0 Å². The highest BCUT2D eigenvalue weighted by atomic mass is 35.5. The maximum Gasteiger partial charge on any atom is 0.124 e. The molecule has 0 amide bonds. The molecule has 18 heavy (non-hydrogen) atoms. The Morgan fingerprint density at radius 3 is 2.56 bits per heavy atom. The third-order valence-electron chi connectivity index (χ3n) is 4.69. The minimum Gasteiger partial charge on any atom is -0.327 e. The van der Waals surface area contributed by atoms with Crippen molar-refractivity contribution in [3.63, 3.8) is 0 Å². The zero-order chi connectivity index (χ0) is 12.7. The van der Waals surface area contributed by atoms with Crippen molar-refractivity contribution < 1.29 is 4.39 Å². The molecule has 1 nitrogen and oxygen atoms in total. The quantitative estimate of drug-likeness (QED) is 0.886. The topological polar surface area (TPSA) is 26.0 Å². The molecule has 3 heteroatoms. The van der Waals surface area contributed by atoms with Crippen LogP contribution in [0.5, 0.6) is 0 Å². The van der Waals surface area contributed by atoms with Crippen LogP contribution in [0.4, 0.5) is 4.39 Å². The Balaban J connectivity index is 1.66. The summed E-state index contributed by atoms with van der Waals surface area (Å²) in [7, 11) is 0. The van der Waals surface area contributed by atoms with Crippen LogP contribution in [-0.4, -0.2) is 6.04 Å². The van der Waals surface area contributed by atoms with Gasteiger partial charge in [-0.25, -0.2) is 4.39 Å². The van der Waals surface area contributed by atoms with E-state index in [2.05, 4.69) is 0 Å². The summed E-state index contributed by atoms with van der Waals surface area (Å²) in [4.78, 5) is 0. The fourth-order valence-corrected chi connectivity index (χ4v) is 4.00. The highest BCUT2D eigenvalue weighted by Gasteiger charge is 2.52. The molecule has 0 aliphatic heterocycles. The van der Waals surface area contributed by atoms with Crippen LogP contribution < -0.4 is 5.73 Å². The van der Waals surface area contributed by atoms with Gasteiger partial charge in [-0.05, 0) is 54.7 Å². The van der Waals surface area contributed by atoms with Crippen molar-refractivity contribution in [1.82, 2.24) is 0 Å². The summed E-state index contributed by atoms with van der Waals surface area (Å²) >= 11 is 6.06. The molecule has 2 aliphatic carbocycles. The molecule has 1 aromatic carbocycles. The fourth-order valence-electron chi connectivity index (χ4n) is 3.76. The van der Waals surface area contributed by atoms with Gasteiger partial charge in [0, 0.05) is 11.1 Å². The molecule has 98 valence electrons. The molecule has 0 bridgehead atoms. The lowest BCUT2D eigenvalue weighted by atomic mass is 10.0. The SMILES string of the molecule is NC(Cc1ccc(F)cc1Cl)C1C2CCCCC21. The fraction of sp³-hybridized carbons (Fsp3) is 0.600. The van der Waals surface area contributed by atoms with E-state index in [0.717, 1.165) is 23.8 Å². The van der Waals surface area contributed by atoms with E-state index in [1.54, 1.807) is 6.07 Å². The summed E-state index contributed by atoms with van der Waals surface area (Å²) in [5.41, 5.74) is 7.31. The first-order valence-electron chi connectivity index (χ1n) is 6.86. The normalized spacial score (nSPS) is 31.8. The van der Waals surface area contributed by atoms with Crippen LogP contribution in [-0.2, 0) is 6.42 Å². The molecule has 0 aromatic heterocycles. The number of fused-ring (bicyclic) bond motifs is 1. The Kier molecular flexibility index (Phi) is 3.33. The van der Waals surface area contributed by atoms with Gasteiger partial charge in [-0.1, -0.05) is 30.5 Å². The number of hydrogen-bond acceptors (Lipinski definition) is 1. The number of benzene rings is 1. The predicted octanol–water partition coefficient (Wildman–Crippen LogP) is 3.79. The van der Waals surface area contributed by atoms with Crippen LogP contribution in [0.2, 0.25) is 5.02 Å². The minimum atomic E-state index is -0.280. The van der Waals surface area contributed by atoms with Crippen molar-refractivity contribution in [2.75, 3.05) is 0 Å². The lowest BCUT2D eigenvalue weighted by Crippen LogP contribution is -2.27. The first kappa shape index (κ1) is 12.4. The van der Waals surface area contributed by atoms with Gasteiger partial charge in [-0.15, -0.1) is 0 Å². The Hall–Kier alpha value is -0.600.